The number of hydrogen-bond donors (Lipinski definition) is 2. The van der Waals surface area contributed by atoms with Crippen LogP contribution in [0.5, 0.6) is 0 Å². The molecule has 0 unspecified atom stereocenters. The maximum atomic E-state index is 15.5. The van der Waals surface area contributed by atoms with E-state index in [-0.39, 0.29) is 35.1 Å². The molecule has 2 aromatic heterocycles. The average molecular weight is 530 g/mol. The number of aromatic nitrogens is 3. The molecule has 0 spiro atoms. The Hall–Kier alpha value is -2.79. The second kappa shape index (κ2) is 9.50. The van der Waals surface area contributed by atoms with Crippen LogP contribution in [0.3, 0.4) is 0 Å². The smallest absolute Gasteiger partial charge is 0.270 e. The van der Waals surface area contributed by atoms with E-state index >= 15 is 4.39 Å². The summed E-state index contributed by atoms with van der Waals surface area (Å²) in [6, 6.07) is 4.64. The molecule has 3 fully saturated rings. The molecule has 11 heteroatoms. The fraction of sp³-hybridized carbons (Fsp3) is 0.500. The molecule has 6 rings (SSSR count). The highest BCUT2D eigenvalue weighted by molar-refractivity contribution is 6.33. The van der Waals surface area contributed by atoms with Crippen molar-refractivity contribution in [1.82, 2.24) is 19.4 Å². The van der Waals surface area contributed by atoms with Gasteiger partial charge in [0.15, 0.2) is 6.29 Å². The molecule has 2 N–H and O–H groups in total. The van der Waals surface area contributed by atoms with Crippen LogP contribution < -0.4 is 5.32 Å². The second-order valence-corrected chi connectivity index (χ2v) is 10.7. The van der Waals surface area contributed by atoms with Gasteiger partial charge in [-0.1, -0.05) is 24.4 Å². The van der Waals surface area contributed by atoms with Crippen LogP contribution in [0.4, 0.5) is 10.3 Å². The van der Waals surface area contributed by atoms with Crippen molar-refractivity contribution in [2.75, 3.05) is 26.0 Å². The third kappa shape index (κ3) is 4.35. The normalized spacial score (nSPS) is 25.6. The van der Waals surface area contributed by atoms with E-state index in [0.717, 1.165) is 25.7 Å². The molecule has 196 valence electrons. The van der Waals surface area contributed by atoms with Gasteiger partial charge in [-0.25, -0.2) is 14.4 Å². The Kier molecular flexibility index (Phi) is 6.30. The number of nitrogens with one attached hydrogen (secondary N) is 1. The summed E-state index contributed by atoms with van der Waals surface area (Å²) in [5.74, 6) is -0.349. The van der Waals surface area contributed by atoms with Crippen molar-refractivity contribution < 1.29 is 23.8 Å². The summed E-state index contributed by atoms with van der Waals surface area (Å²) in [6.45, 7) is 0.435. The standard InChI is InChI=1S/C26H29ClFN5O4/c1-32(2)24(35)21-10-16-18(28)7-13(8-20(16)33(21)14-5-3-4-6-14)22-17(27)11-29-26(31-22)30-19-9-15-12-36-25(37-15)23(19)34/h7-8,10-11,14-15,19,23,25,34H,3-6,9,12H2,1-2H3,(H,29,30,31)/t15-,19+,23-,25+/m0/s1. The van der Waals surface area contributed by atoms with Crippen LogP contribution in [0.2, 0.25) is 5.02 Å². The zero-order chi connectivity index (χ0) is 25.8. The molecular formula is C26H29ClFN5O4. The van der Waals surface area contributed by atoms with E-state index in [9.17, 15) is 9.90 Å². The highest BCUT2D eigenvalue weighted by Crippen LogP contribution is 2.38. The molecule has 0 radical (unpaired) electrons. The molecule has 2 bridgehead atoms. The first-order valence-electron chi connectivity index (χ1n) is 12.6. The monoisotopic (exact) mass is 529 g/mol. The van der Waals surface area contributed by atoms with Gasteiger partial charge in [0.25, 0.3) is 5.91 Å². The highest BCUT2D eigenvalue weighted by Gasteiger charge is 2.43. The van der Waals surface area contributed by atoms with Crippen LogP contribution in [0.1, 0.15) is 48.6 Å². The number of carbonyl (C=O) groups excluding carboxylic acids is 1. The number of benzene rings is 1. The fourth-order valence-electron chi connectivity index (χ4n) is 5.70. The lowest BCUT2D eigenvalue weighted by molar-refractivity contribution is -0.156. The molecule has 3 aromatic rings. The molecule has 1 aromatic carbocycles. The minimum atomic E-state index is -0.877. The van der Waals surface area contributed by atoms with Gasteiger partial charge in [-0.15, -0.1) is 0 Å². The Morgan fingerprint density at radius 1 is 1.27 bits per heavy atom. The maximum absolute atomic E-state index is 15.5. The van der Waals surface area contributed by atoms with E-state index in [1.807, 2.05) is 10.6 Å². The van der Waals surface area contributed by atoms with Gasteiger partial charge in [0.05, 0.1) is 41.2 Å². The first kappa shape index (κ1) is 24.5. The Labute approximate surface area is 218 Å². The summed E-state index contributed by atoms with van der Waals surface area (Å²) in [6.07, 6.45) is 4.35. The van der Waals surface area contributed by atoms with Crippen molar-refractivity contribution in [3.8, 4) is 11.3 Å². The SMILES string of the molecule is CN(C)C(=O)c1cc2c(F)cc(-c3nc(N[C@@H]4C[C@H]5CO[C@H](O5)[C@H]4O)ncc3Cl)cc2n1C1CCCC1. The van der Waals surface area contributed by atoms with Gasteiger partial charge in [0.1, 0.15) is 17.6 Å². The molecule has 37 heavy (non-hydrogen) atoms. The second-order valence-electron chi connectivity index (χ2n) is 10.3. The summed E-state index contributed by atoms with van der Waals surface area (Å²) in [7, 11) is 3.39. The van der Waals surface area contributed by atoms with Crippen molar-refractivity contribution in [2.45, 2.75) is 62.7 Å². The van der Waals surface area contributed by atoms with E-state index in [1.165, 1.54) is 17.2 Å². The number of rotatable bonds is 5. The minimum Gasteiger partial charge on any atom is -0.386 e. The Bertz CT molecular complexity index is 1360. The lowest BCUT2D eigenvalue weighted by Crippen LogP contribution is -2.48. The molecule has 1 amide bonds. The molecule has 4 heterocycles. The van der Waals surface area contributed by atoms with Crippen LogP contribution in [-0.2, 0) is 9.47 Å². The van der Waals surface area contributed by atoms with Gasteiger partial charge in [-0.3, -0.25) is 4.79 Å². The Morgan fingerprint density at radius 2 is 2.05 bits per heavy atom. The van der Waals surface area contributed by atoms with Gasteiger partial charge in [0.2, 0.25) is 5.95 Å². The quantitative estimate of drug-likeness (QED) is 0.515. The van der Waals surface area contributed by atoms with E-state index in [2.05, 4.69) is 15.3 Å². The molecule has 4 atom stereocenters. The summed E-state index contributed by atoms with van der Waals surface area (Å²) in [5, 5.41) is 14.4. The number of anilines is 1. The lowest BCUT2D eigenvalue weighted by Gasteiger charge is -2.32. The number of hydrogen-bond acceptors (Lipinski definition) is 7. The summed E-state index contributed by atoms with van der Waals surface area (Å²) >= 11 is 6.49. The lowest BCUT2D eigenvalue weighted by atomic mass is 10.0. The average Bonchev–Trinajstić information content (AvgIpc) is 3.62. The van der Waals surface area contributed by atoms with Gasteiger partial charge in [-0.05, 0) is 37.5 Å². The van der Waals surface area contributed by atoms with Crippen molar-refractivity contribution >= 4 is 34.4 Å². The molecular weight excluding hydrogens is 501 g/mol. The summed E-state index contributed by atoms with van der Waals surface area (Å²) in [4.78, 5) is 23.4. The first-order chi connectivity index (χ1) is 17.8. The summed E-state index contributed by atoms with van der Waals surface area (Å²) in [5.41, 5.74) is 1.97. The number of fused-ring (bicyclic) bond motifs is 3. The minimum absolute atomic E-state index is 0.100. The predicted octanol–water partition coefficient (Wildman–Crippen LogP) is 3.99. The van der Waals surface area contributed by atoms with E-state index < -0.39 is 18.2 Å². The highest BCUT2D eigenvalue weighted by atomic mass is 35.5. The molecule has 2 saturated heterocycles. The van der Waals surface area contributed by atoms with Crippen LogP contribution in [0.25, 0.3) is 22.2 Å². The van der Waals surface area contributed by atoms with Crippen LogP contribution >= 0.6 is 11.6 Å². The largest absolute Gasteiger partial charge is 0.386 e. The van der Waals surface area contributed by atoms with Crippen molar-refractivity contribution in [1.29, 1.82) is 0 Å². The number of aliphatic hydroxyl groups excluding tert-OH is 1. The van der Waals surface area contributed by atoms with Gasteiger partial charge >= 0.3 is 0 Å². The van der Waals surface area contributed by atoms with E-state index in [0.29, 0.717) is 40.9 Å². The number of ether oxygens (including phenoxy) is 2. The van der Waals surface area contributed by atoms with Crippen molar-refractivity contribution in [3.05, 3.63) is 40.9 Å². The zero-order valence-electron chi connectivity index (χ0n) is 20.7. The number of amides is 1. The van der Waals surface area contributed by atoms with E-state index in [4.69, 9.17) is 21.1 Å². The molecule has 9 nitrogen and oxygen atoms in total. The molecule has 1 aliphatic carbocycles. The Morgan fingerprint density at radius 3 is 2.81 bits per heavy atom. The van der Waals surface area contributed by atoms with Gasteiger partial charge in [-0.2, -0.15) is 0 Å². The van der Waals surface area contributed by atoms with Gasteiger partial charge in [0, 0.05) is 31.1 Å². The number of nitrogens with zero attached hydrogens (tertiary/aromatic N) is 4. The Balaban J connectivity index is 1.40. The zero-order valence-corrected chi connectivity index (χ0v) is 21.4. The predicted molar refractivity (Wildman–Crippen MR) is 136 cm³/mol. The molecule has 3 aliphatic rings. The maximum Gasteiger partial charge on any atom is 0.270 e. The number of halogens is 2. The molecule has 2 aliphatic heterocycles. The van der Waals surface area contributed by atoms with E-state index in [1.54, 1.807) is 20.2 Å². The van der Waals surface area contributed by atoms with Crippen LogP contribution in [-0.4, -0.2) is 75.7 Å². The van der Waals surface area contributed by atoms with Crippen LogP contribution in [0, 0.1) is 5.82 Å². The van der Waals surface area contributed by atoms with Crippen LogP contribution in [0.15, 0.2) is 24.4 Å². The van der Waals surface area contributed by atoms with Crippen molar-refractivity contribution in [2.24, 2.45) is 0 Å². The molecule has 1 saturated carbocycles. The summed E-state index contributed by atoms with van der Waals surface area (Å²) < 4.78 is 28.6. The third-order valence-electron chi connectivity index (χ3n) is 7.54. The third-order valence-corrected chi connectivity index (χ3v) is 7.81. The fourth-order valence-corrected chi connectivity index (χ4v) is 5.90. The number of aliphatic hydroxyl groups is 1. The topological polar surface area (TPSA) is 102 Å². The number of carbonyl (C=O) groups is 1. The van der Waals surface area contributed by atoms with Gasteiger partial charge < -0.3 is 29.4 Å². The van der Waals surface area contributed by atoms with Crippen molar-refractivity contribution in [3.63, 3.8) is 0 Å². The first-order valence-corrected chi connectivity index (χ1v) is 13.0.